The second kappa shape index (κ2) is 10.0. The summed E-state index contributed by atoms with van der Waals surface area (Å²) >= 11 is 0. The number of ether oxygens (including phenoxy) is 1. The first-order valence-electron chi connectivity index (χ1n) is 12.6. The van der Waals surface area contributed by atoms with E-state index >= 15 is 0 Å². The largest absolute Gasteiger partial charge is 0.497 e. The Hall–Kier alpha value is -3.81. The van der Waals surface area contributed by atoms with Crippen LogP contribution in [0.5, 0.6) is 5.75 Å². The number of likely N-dealkylation sites (N-methyl/N-ethyl adjacent to an activating group) is 1. The maximum Gasteiger partial charge on any atom is 0.322 e. The average molecular weight is 489 g/mol. The SMILES string of the molecule is CCN1C(=O)NC(c2ccc(OC)cc2)C2=C1CN(C(Cc1ccccc1)C(=O)N1CCCC1)C2=O. The molecular weight excluding hydrogens is 456 g/mol. The molecule has 3 aliphatic heterocycles. The van der Waals surface area contributed by atoms with E-state index in [4.69, 9.17) is 4.74 Å². The van der Waals surface area contributed by atoms with E-state index in [0.717, 1.165) is 37.1 Å². The molecule has 0 radical (unpaired) electrons. The zero-order chi connectivity index (χ0) is 25.2. The van der Waals surface area contributed by atoms with Gasteiger partial charge in [-0.1, -0.05) is 42.5 Å². The van der Waals surface area contributed by atoms with Gasteiger partial charge >= 0.3 is 6.03 Å². The van der Waals surface area contributed by atoms with Gasteiger partial charge in [0.2, 0.25) is 5.91 Å². The van der Waals surface area contributed by atoms with Crippen LogP contribution in [-0.4, -0.2) is 71.9 Å². The fourth-order valence-electron chi connectivity index (χ4n) is 5.46. The number of hydrogen-bond acceptors (Lipinski definition) is 4. The van der Waals surface area contributed by atoms with Crippen molar-refractivity contribution in [2.24, 2.45) is 0 Å². The summed E-state index contributed by atoms with van der Waals surface area (Å²) in [6.07, 6.45) is 2.39. The minimum Gasteiger partial charge on any atom is -0.497 e. The Balaban J connectivity index is 1.51. The van der Waals surface area contributed by atoms with Crippen LogP contribution in [0.2, 0.25) is 0 Å². The molecule has 1 N–H and O–H groups in total. The zero-order valence-corrected chi connectivity index (χ0v) is 20.8. The number of carbonyl (C=O) groups is 3. The van der Waals surface area contributed by atoms with Crippen molar-refractivity contribution in [2.45, 2.75) is 38.3 Å². The topological polar surface area (TPSA) is 82.2 Å². The van der Waals surface area contributed by atoms with Crippen molar-refractivity contribution in [2.75, 3.05) is 33.3 Å². The molecule has 3 aliphatic rings. The quantitative estimate of drug-likeness (QED) is 0.649. The number of nitrogens with one attached hydrogen (secondary N) is 1. The summed E-state index contributed by atoms with van der Waals surface area (Å²) in [6, 6.07) is 15.7. The molecule has 0 aliphatic carbocycles. The van der Waals surface area contributed by atoms with Gasteiger partial charge in [-0.2, -0.15) is 0 Å². The van der Waals surface area contributed by atoms with E-state index in [9.17, 15) is 14.4 Å². The van der Waals surface area contributed by atoms with Crippen LogP contribution in [0, 0.1) is 0 Å². The molecule has 0 aromatic heterocycles. The average Bonchev–Trinajstić information content (AvgIpc) is 3.56. The van der Waals surface area contributed by atoms with Gasteiger partial charge in [-0.15, -0.1) is 0 Å². The number of amides is 4. The predicted molar refractivity (Wildman–Crippen MR) is 135 cm³/mol. The third-order valence-electron chi connectivity index (χ3n) is 7.37. The Morgan fingerprint density at radius 2 is 1.75 bits per heavy atom. The Bertz CT molecular complexity index is 1170. The summed E-state index contributed by atoms with van der Waals surface area (Å²) in [7, 11) is 1.60. The minimum atomic E-state index is -0.631. The van der Waals surface area contributed by atoms with Gasteiger partial charge < -0.3 is 19.9 Å². The van der Waals surface area contributed by atoms with Gasteiger partial charge in [-0.05, 0) is 43.0 Å². The first-order chi connectivity index (χ1) is 17.5. The number of methoxy groups -OCH3 is 1. The van der Waals surface area contributed by atoms with E-state index in [-0.39, 0.29) is 24.4 Å². The number of benzene rings is 2. The maximum atomic E-state index is 14.1. The molecule has 5 rings (SSSR count). The van der Waals surface area contributed by atoms with Crippen LogP contribution in [0.3, 0.4) is 0 Å². The summed E-state index contributed by atoms with van der Waals surface area (Å²) in [6.45, 7) is 4.00. The minimum absolute atomic E-state index is 0.0205. The summed E-state index contributed by atoms with van der Waals surface area (Å²) in [5, 5.41) is 3.01. The molecule has 3 heterocycles. The van der Waals surface area contributed by atoms with E-state index in [1.807, 2.05) is 66.4 Å². The molecule has 0 bridgehead atoms. The van der Waals surface area contributed by atoms with E-state index < -0.39 is 12.1 Å². The van der Waals surface area contributed by atoms with Gasteiger partial charge in [0.25, 0.3) is 5.91 Å². The molecule has 0 saturated carbocycles. The second-order valence-electron chi connectivity index (χ2n) is 9.43. The predicted octanol–water partition coefficient (Wildman–Crippen LogP) is 3.11. The first kappa shape index (κ1) is 23.9. The molecule has 0 spiro atoms. The van der Waals surface area contributed by atoms with Crippen molar-refractivity contribution >= 4 is 17.8 Å². The standard InChI is InChI=1S/C28H32N4O4/c1-3-31-23-18-32(22(17-19-9-5-4-6-10-19)26(33)30-15-7-8-16-30)27(34)24(23)25(29-28(31)35)20-11-13-21(36-2)14-12-20/h4-6,9-14,22,25H,3,7-8,15-18H2,1-2H3,(H,29,35). The van der Waals surface area contributed by atoms with Crippen LogP contribution in [0.1, 0.15) is 36.9 Å². The molecule has 1 fully saturated rings. The first-order valence-corrected chi connectivity index (χ1v) is 12.6. The number of likely N-dealkylation sites (tertiary alicyclic amines) is 1. The highest BCUT2D eigenvalue weighted by molar-refractivity contribution is 6.03. The number of rotatable bonds is 7. The molecule has 36 heavy (non-hydrogen) atoms. The summed E-state index contributed by atoms with van der Waals surface area (Å²) in [4.78, 5) is 46.0. The Labute approximate surface area is 211 Å². The van der Waals surface area contributed by atoms with E-state index in [2.05, 4.69) is 5.32 Å². The lowest BCUT2D eigenvalue weighted by Gasteiger charge is -2.33. The molecule has 2 unspecified atom stereocenters. The Morgan fingerprint density at radius 1 is 1.06 bits per heavy atom. The molecular formula is C28H32N4O4. The highest BCUT2D eigenvalue weighted by atomic mass is 16.5. The fourth-order valence-corrected chi connectivity index (χ4v) is 5.46. The van der Waals surface area contributed by atoms with Gasteiger partial charge in [0.15, 0.2) is 0 Å². The van der Waals surface area contributed by atoms with Crippen molar-refractivity contribution in [1.29, 1.82) is 0 Å². The summed E-state index contributed by atoms with van der Waals surface area (Å²) in [5.74, 6) is 0.481. The molecule has 2 aromatic carbocycles. The summed E-state index contributed by atoms with van der Waals surface area (Å²) in [5.41, 5.74) is 3.02. The fraction of sp³-hybridized carbons (Fsp3) is 0.393. The smallest absolute Gasteiger partial charge is 0.322 e. The van der Waals surface area contributed by atoms with Crippen LogP contribution < -0.4 is 10.1 Å². The third kappa shape index (κ3) is 4.32. The van der Waals surface area contributed by atoms with Gasteiger partial charge in [0.1, 0.15) is 11.8 Å². The van der Waals surface area contributed by atoms with Crippen LogP contribution in [0.4, 0.5) is 4.79 Å². The number of hydrogen-bond donors (Lipinski definition) is 1. The molecule has 4 amide bonds. The van der Waals surface area contributed by atoms with Gasteiger partial charge in [-0.3, -0.25) is 14.5 Å². The monoisotopic (exact) mass is 488 g/mol. The van der Waals surface area contributed by atoms with E-state index in [1.54, 1.807) is 16.9 Å². The van der Waals surface area contributed by atoms with Crippen molar-refractivity contribution in [3.05, 3.63) is 77.0 Å². The van der Waals surface area contributed by atoms with Crippen LogP contribution >= 0.6 is 0 Å². The van der Waals surface area contributed by atoms with Crippen LogP contribution in [-0.2, 0) is 16.0 Å². The Morgan fingerprint density at radius 3 is 2.39 bits per heavy atom. The normalized spacial score (nSPS) is 20.5. The summed E-state index contributed by atoms with van der Waals surface area (Å²) < 4.78 is 5.28. The molecule has 8 heteroatoms. The highest BCUT2D eigenvalue weighted by Crippen LogP contribution is 2.38. The van der Waals surface area contributed by atoms with Gasteiger partial charge in [0, 0.05) is 26.1 Å². The zero-order valence-electron chi connectivity index (χ0n) is 20.8. The number of carbonyl (C=O) groups excluding carboxylic acids is 3. The molecule has 188 valence electrons. The van der Waals surface area contributed by atoms with Crippen molar-refractivity contribution < 1.29 is 19.1 Å². The molecule has 8 nitrogen and oxygen atoms in total. The van der Waals surface area contributed by atoms with Gasteiger partial charge in [0.05, 0.1) is 31.0 Å². The number of nitrogens with zero attached hydrogens (tertiary/aromatic N) is 3. The van der Waals surface area contributed by atoms with Crippen molar-refractivity contribution in [3.8, 4) is 5.75 Å². The Kier molecular flexibility index (Phi) is 6.67. The van der Waals surface area contributed by atoms with E-state index in [0.29, 0.717) is 30.0 Å². The highest BCUT2D eigenvalue weighted by Gasteiger charge is 2.47. The van der Waals surface area contributed by atoms with Crippen molar-refractivity contribution in [1.82, 2.24) is 20.0 Å². The molecule has 1 saturated heterocycles. The maximum absolute atomic E-state index is 14.1. The lowest BCUT2D eigenvalue weighted by molar-refractivity contribution is -0.142. The van der Waals surface area contributed by atoms with Crippen LogP contribution in [0.15, 0.2) is 65.9 Å². The molecule has 2 atom stereocenters. The van der Waals surface area contributed by atoms with Gasteiger partial charge in [-0.25, -0.2) is 4.79 Å². The van der Waals surface area contributed by atoms with Crippen LogP contribution in [0.25, 0.3) is 0 Å². The molecule has 2 aromatic rings. The van der Waals surface area contributed by atoms with E-state index in [1.165, 1.54) is 0 Å². The van der Waals surface area contributed by atoms with Crippen molar-refractivity contribution in [3.63, 3.8) is 0 Å². The second-order valence-corrected chi connectivity index (χ2v) is 9.43. The lowest BCUT2D eigenvalue weighted by Crippen LogP contribution is -2.50. The number of urea groups is 1. The third-order valence-corrected chi connectivity index (χ3v) is 7.37. The lowest BCUT2D eigenvalue weighted by atomic mass is 9.95.